The van der Waals surface area contributed by atoms with Gasteiger partial charge in [-0.05, 0) is 6.08 Å². The molecule has 46 valence electrons. The summed E-state index contributed by atoms with van der Waals surface area (Å²) in [6.45, 7) is 0.907. The Bertz CT molecular complexity index is 225. The molecule has 0 amide bonds. The summed E-state index contributed by atoms with van der Waals surface area (Å²) in [6, 6.07) is 0. The Balaban J connectivity index is 2.42. The first-order valence-electron chi connectivity index (χ1n) is 3.20. The summed E-state index contributed by atoms with van der Waals surface area (Å²) in [5.41, 5.74) is 0.995. The van der Waals surface area contributed by atoms with Crippen LogP contribution in [-0.4, -0.2) is 22.6 Å². The van der Waals surface area contributed by atoms with Crippen molar-refractivity contribution < 1.29 is 9.37 Å². The monoisotopic (exact) mass is 122 g/mol. The van der Waals surface area contributed by atoms with Crippen molar-refractivity contribution in [2.75, 3.05) is 6.54 Å². The Labute approximate surface area is 53.5 Å². The van der Waals surface area contributed by atoms with E-state index in [2.05, 4.69) is 0 Å². The summed E-state index contributed by atoms with van der Waals surface area (Å²) < 4.78 is 2.04. The molecule has 2 aliphatic heterocycles. The molecule has 2 heteroatoms. The van der Waals surface area contributed by atoms with E-state index in [4.69, 9.17) is 0 Å². The van der Waals surface area contributed by atoms with Crippen LogP contribution in [0.15, 0.2) is 12.3 Å². The lowest BCUT2D eigenvalue weighted by Gasteiger charge is -1.79. The molecule has 2 rings (SSSR count). The number of Topliss-reactive ketones (excluding diaryl/α,β-unsaturated/α-hetero) is 1. The molecule has 0 unspecified atom stereocenters. The minimum atomic E-state index is 0.333. The second kappa shape index (κ2) is 1.53. The van der Waals surface area contributed by atoms with Crippen molar-refractivity contribution in [2.24, 2.45) is 0 Å². The van der Waals surface area contributed by atoms with Crippen LogP contribution in [0.3, 0.4) is 0 Å². The first-order chi connectivity index (χ1) is 4.38. The van der Waals surface area contributed by atoms with Gasteiger partial charge in [0.2, 0.25) is 11.5 Å². The highest BCUT2D eigenvalue weighted by Crippen LogP contribution is 2.10. The van der Waals surface area contributed by atoms with Crippen molar-refractivity contribution >= 4 is 11.5 Å². The van der Waals surface area contributed by atoms with E-state index in [9.17, 15) is 4.79 Å². The molecule has 9 heavy (non-hydrogen) atoms. The highest BCUT2D eigenvalue weighted by atomic mass is 16.1. The molecule has 0 atom stereocenters. The van der Waals surface area contributed by atoms with Crippen LogP contribution in [0.5, 0.6) is 0 Å². The van der Waals surface area contributed by atoms with Gasteiger partial charge in [0, 0.05) is 0 Å². The van der Waals surface area contributed by atoms with Gasteiger partial charge in [-0.25, -0.2) is 0 Å². The van der Waals surface area contributed by atoms with E-state index in [1.54, 1.807) is 0 Å². The first kappa shape index (κ1) is 4.91. The summed E-state index contributed by atoms with van der Waals surface area (Å²) in [5.74, 6) is 0.333. The molecule has 2 aliphatic rings. The van der Waals surface area contributed by atoms with E-state index in [-0.39, 0.29) is 0 Å². The molecule has 0 bridgehead atoms. The van der Waals surface area contributed by atoms with Crippen LogP contribution >= 0.6 is 0 Å². The Morgan fingerprint density at radius 2 is 2.44 bits per heavy atom. The predicted octanol–water partition coefficient (Wildman–Crippen LogP) is 0.330. The number of ketones is 1. The fourth-order valence-electron chi connectivity index (χ4n) is 1.35. The SMILES string of the molecule is O=C1CC[N+]2=C1CC=C2. The largest absolute Gasteiger partial charge is 0.288 e. The van der Waals surface area contributed by atoms with E-state index in [1.165, 1.54) is 0 Å². The average molecular weight is 122 g/mol. The molecule has 2 nitrogen and oxygen atoms in total. The molecule has 0 aromatic carbocycles. The smallest absolute Gasteiger partial charge is 0.228 e. The van der Waals surface area contributed by atoms with Gasteiger partial charge in [0.25, 0.3) is 0 Å². The molecule has 0 saturated carbocycles. The van der Waals surface area contributed by atoms with Gasteiger partial charge in [-0.15, -0.1) is 0 Å². The quantitative estimate of drug-likeness (QED) is 0.424. The van der Waals surface area contributed by atoms with Gasteiger partial charge in [-0.2, -0.15) is 4.58 Å². The minimum absolute atomic E-state index is 0.333. The van der Waals surface area contributed by atoms with Crippen molar-refractivity contribution in [1.29, 1.82) is 0 Å². The molecule has 0 aliphatic carbocycles. The number of carbonyl (C=O) groups excluding carboxylic acids is 1. The fourth-order valence-corrected chi connectivity index (χ4v) is 1.35. The van der Waals surface area contributed by atoms with Crippen LogP contribution in [0.1, 0.15) is 12.8 Å². The number of hydrogen-bond donors (Lipinski definition) is 0. The zero-order valence-electron chi connectivity index (χ0n) is 5.13. The average Bonchev–Trinajstić information content (AvgIpc) is 2.35. The second-order valence-electron chi connectivity index (χ2n) is 2.40. The summed E-state index contributed by atoms with van der Waals surface area (Å²) in [5, 5.41) is 0. The molecule has 0 aromatic rings. The summed E-state index contributed by atoms with van der Waals surface area (Å²) in [6.07, 6.45) is 5.62. The number of rotatable bonds is 0. The van der Waals surface area contributed by atoms with Crippen molar-refractivity contribution in [1.82, 2.24) is 0 Å². The normalized spacial score (nSPS) is 23.8. The van der Waals surface area contributed by atoms with E-state index in [0.29, 0.717) is 5.78 Å². The standard InChI is InChI=1S/C7H8NO/c9-7-3-5-8-4-1-2-6(7)8/h1,4H,2-3,5H2/q+1. The van der Waals surface area contributed by atoms with Gasteiger partial charge >= 0.3 is 0 Å². The molecule has 0 radical (unpaired) electrons. The summed E-state index contributed by atoms with van der Waals surface area (Å²) in [4.78, 5) is 10.9. The van der Waals surface area contributed by atoms with Crippen molar-refractivity contribution in [3.63, 3.8) is 0 Å². The van der Waals surface area contributed by atoms with E-state index in [0.717, 1.165) is 25.1 Å². The van der Waals surface area contributed by atoms with Crippen molar-refractivity contribution in [3.8, 4) is 0 Å². The predicted molar refractivity (Wildman–Crippen MR) is 33.5 cm³/mol. The highest BCUT2D eigenvalue weighted by Gasteiger charge is 2.31. The molecule has 0 N–H and O–H groups in total. The first-order valence-corrected chi connectivity index (χ1v) is 3.20. The van der Waals surface area contributed by atoms with Crippen LogP contribution in [0.25, 0.3) is 0 Å². The Morgan fingerprint density at radius 3 is 3.22 bits per heavy atom. The number of nitrogens with zero attached hydrogens (tertiary/aromatic N) is 1. The van der Waals surface area contributed by atoms with E-state index >= 15 is 0 Å². The summed E-state index contributed by atoms with van der Waals surface area (Å²) in [7, 11) is 0. The van der Waals surface area contributed by atoms with E-state index in [1.807, 2.05) is 16.9 Å². The third-order valence-electron chi connectivity index (χ3n) is 1.84. The van der Waals surface area contributed by atoms with Crippen LogP contribution < -0.4 is 0 Å². The van der Waals surface area contributed by atoms with Crippen LogP contribution in [-0.2, 0) is 4.79 Å². The molecule has 0 saturated heterocycles. The van der Waals surface area contributed by atoms with Gasteiger partial charge in [0.05, 0.1) is 12.8 Å². The van der Waals surface area contributed by atoms with Gasteiger partial charge in [0.1, 0.15) is 0 Å². The molecule has 0 fully saturated rings. The third-order valence-corrected chi connectivity index (χ3v) is 1.84. The topological polar surface area (TPSA) is 20.1 Å². The second-order valence-corrected chi connectivity index (χ2v) is 2.40. The highest BCUT2D eigenvalue weighted by molar-refractivity contribution is 6.39. The maximum atomic E-state index is 10.9. The van der Waals surface area contributed by atoms with Crippen molar-refractivity contribution in [3.05, 3.63) is 12.3 Å². The third kappa shape index (κ3) is 0.559. The molecule has 0 spiro atoms. The van der Waals surface area contributed by atoms with Crippen molar-refractivity contribution in [2.45, 2.75) is 12.8 Å². The fraction of sp³-hybridized carbons (Fsp3) is 0.429. The van der Waals surface area contributed by atoms with Gasteiger partial charge in [0.15, 0.2) is 12.7 Å². The lowest BCUT2D eigenvalue weighted by Crippen LogP contribution is -2.09. The Kier molecular flexibility index (Phi) is 0.835. The van der Waals surface area contributed by atoms with Gasteiger partial charge in [-0.3, -0.25) is 4.79 Å². The molecule has 0 aromatic heterocycles. The summed E-state index contributed by atoms with van der Waals surface area (Å²) >= 11 is 0. The molecule has 2 heterocycles. The van der Waals surface area contributed by atoms with Crippen LogP contribution in [0.2, 0.25) is 0 Å². The van der Waals surface area contributed by atoms with Gasteiger partial charge < -0.3 is 0 Å². The van der Waals surface area contributed by atoms with Crippen LogP contribution in [0.4, 0.5) is 0 Å². The number of hydrogen-bond acceptors (Lipinski definition) is 1. The Morgan fingerprint density at radius 1 is 1.56 bits per heavy atom. The Hall–Kier alpha value is -0.920. The zero-order valence-corrected chi connectivity index (χ0v) is 5.13. The minimum Gasteiger partial charge on any atom is -0.288 e. The van der Waals surface area contributed by atoms with Gasteiger partial charge in [-0.1, -0.05) is 0 Å². The lowest BCUT2D eigenvalue weighted by atomic mass is 10.2. The molecular weight excluding hydrogens is 114 g/mol. The number of carbonyl (C=O) groups is 1. The lowest BCUT2D eigenvalue weighted by molar-refractivity contribution is -0.444. The van der Waals surface area contributed by atoms with Crippen LogP contribution in [0, 0.1) is 0 Å². The maximum absolute atomic E-state index is 10.9. The maximum Gasteiger partial charge on any atom is 0.228 e. The zero-order chi connectivity index (χ0) is 6.27. The molecular formula is C7H8NO+. The van der Waals surface area contributed by atoms with E-state index < -0.39 is 0 Å². The number of allylic oxidation sites excluding steroid dienone is 1.